The van der Waals surface area contributed by atoms with Crippen LogP contribution < -0.4 is 5.32 Å². The van der Waals surface area contributed by atoms with Crippen molar-refractivity contribution in [2.45, 2.75) is 38.4 Å². The lowest BCUT2D eigenvalue weighted by molar-refractivity contribution is -0.113. The quantitative estimate of drug-likeness (QED) is 0.343. The molecule has 1 amide bonds. The highest BCUT2D eigenvalue weighted by Gasteiger charge is 2.17. The molecule has 3 rings (SSSR count). The minimum atomic E-state index is -0.634. The number of rotatable bonds is 9. The molecule has 2 aromatic carbocycles. The third-order valence-electron chi connectivity index (χ3n) is 5.26. The Balaban J connectivity index is 1.73. The number of ether oxygens (including phenoxy) is 2. The molecule has 10 heteroatoms. The van der Waals surface area contributed by atoms with Crippen molar-refractivity contribution >= 4 is 35.3 Å². The highest BCUT2D eigenvalue weighted by Crippen LogP contribution is 2.26. The Morgan fingerprint density at radius 3 is 2.09 bits per heavy atom. The molecule has 0 unspecified atom stereocenters. The summed E-state index contributed by atoms with van der Waals surface area (Å²) in [6.07, 6.45) is 0. The van der Waals surface area contributed by atoms with Crippen LogP contribution in [-0.4, -0.2) is 52.6 Å². The molecule has 0 radical (unpaired) electrons. The molecule has 35 heavy (non-hydrogen) atoms. The van der Waals surface area contributed by atoms with Crippen LogP contribution in [0, 0.1) is 0 Å². The Morgan fingerprint density at radius 2 is 1.57 bits per heavy atom. The molecular weight excluding hydrogens is 468 g/mol. The summed E-state index contributed by atoms with van der Waals surface area (Å²) < 4.78 is 11.4. The predicted octanol–water partition coefficient (Wildman–Crippen LogP) is 4.39. The van der Waals surface area contributed by atoms with E-state index in [-0.39, 0.29) is 28.5 Å². The zero-order valence-electron chi connectivity index (χ0n) is 20.3. The van der Waals surface area contributed by atoms with E-state index in [9.17, 15) is 14.4 Å². The molecule has 0 spiro atoms. The van der Waals surface area contributed by atoms with E-state index in [0.29, 0.717) is 17.6 Å². The van der Waals surface area contributed by atoms with Crippen molar-refractivity contribution in [3.05, 3.63) is 59.2 Å². The van der Waals surface area contributed by atoms with Gasteiger partial charge in [-0.1, -0.05) is 49.9 Å². The van der Waals surface area contributed by atoms with E-state index in [1.165, 1.54) is 49.7 Å². The summed E-state index contributed by atoms with van der Waals surface area (Å²) in [4.78, 5) is 36.6. The van der Waals surface area contributed by atoms with Crippen LogP contribution in [0.25, 0.3) is 11.4 Å². The third-order valence-corrected chi connectivity index (χ3v) is 6.23. The van der Waals surface area contributed by atoms with Gasteiger partial charge in [-0.2, -0.15) is 0 Å². The van der Waals surface area contributed by atoms with Gasteiger partial charge in [0.15, 0.2) is 11.0 Å². The second kappa shape index (κ2) is 11.7. The Hall–Kier alpha value is -3.66. The van der Waals surface area contributed by atoms with Crippen LogP contribution in [0.3, 0.4) is 0 Å². The highest BCUT2D eigenvalue weighted by atomic mass is 32.2. The van der Waals surface area contributed by atoms with Crippen molar-refractivity contribution in [1.82, 2.24) is 14.8 Å². The van der Waals surface area contributed by atoms with Crippen LogP contribution in [0.4, 0.5) is 5.69 Å². The average Bonchev–Trinajstić information content (AvgIpc) is 3.29. The molecule has 0 bridgehead atoms. The topological polar surface area (TPSA) is 112 Å². The van der Waals surface area contributed by atoms with Gasteiger partial charge in [0.1, 0.15) is 0 Å². The standard InChI is InChI=1S/C25H28N4O5S/c1-6-29-22(17-9-7-16(8-10-17)15(2)3)27-28-25(29)35-14-21(30)26-20-12-18(23(31)33-4)11-19(13-20)24(32)34-5/h7-13,15H,6,14H2,1-5H3,(H,26,30). The van der Waals surface area contributed by atoms with Crippen molar-refractivity contribution < 1.29 is 23.9 Å². The Labute approximate surface area is 208 Å². The van der Waals surface area contributed by atoms with Gasteiger partial charge in [-0.15, -0.1) is 10.2 Å². The number of hydrogen-bond acceptors (Lipinski definition) is 8. The van der Waals surface area contributed by atoms with Crippen LogP contribution in [0.15, 0.2) is 47.6 Å². The van der Waals surface area contributed by atoms with E-state index in [2.05, 4.69) is 41.5 Å². The lowest BCUT2D eigenvalue weighted by atomic mass is 10.0. The first kappa shape index (κ1) is 26.0. The second-order valence-corrected chi connectivity index (χ2v) is 8.89. The van der Waals surface area contributed by atoms with Gasteiger partial charge in [-0.3, -0.25) is 4.79 Å². The van der Waals surface area contributed by atoms with E-state index in [4.69, 9.17) is 9.47 Å². The maximum absolute atomic E-state index is 12.6. The number of methoxy groups -OCH3 is 2. The molecule has 0 aliphatic carbocycles. The van der Waals surface area contributed by atoms with Crippen molar-refractivity contribution in [1.29, 1.82) is 0 Å². The molecule has 0 aliphatic heterocycles. The number of anilines is 1. The SMILES string of the molecule is CCn1c(SCC(=O)Nc2cc(C(=O)OC)cc(C(=O)OC)c2)nnc1-c1ccc(C(C)C)cc1. The molecule has 184 valence electrons. The Bertz CT molecular complexity index is 1190. The number of benzene rings is 2. The maximum atomic E-state index is 12.6. The largest absolute Gasteiger partial charge is 0.465 e. The van der Waals surface area contributed by atoms with Gasteiger partial charge in [-0.25, -0.2) is 9.59 Å². The molecule has 0 fully saturated rings. The van der Waals surface area contributed by atoms with Gasteiger partial charge in [0.25, 0.3) is 0 Å². The molecule has 1 heterocycles. The Morgan fingerprint density at radius 1 is 0.971 bits per heavy atom. The van der Waals surface area contributed by atoms with E-state index in [1.54, 1.807) is 0 Å². The highest BCUT2D eigenvalue weighted by molar-refractivity contribution is 7.99. The third kappa shape index (κ3) is 6.27. The number of nitrogens with zero attached hydrogens (tertiary/aromatic N) is 3. The van der Waals surface area contributed by atoms with Crippen molar-refractivity contribution in [2.24, 2.45) is 0 Å². The fourth-order valence-electron chi connectivity index (χ4n) is 3.41. The van der Waals surface area contributed by atoms with Crippen LogP contribution in [0.2, 0.25) is 0 Å². The van der Waals surface area contributed by atoms with E-state index in [0.717, 1.165) is 11.4 Å². The van der Waals surface area contributed by atoms with Gasteiger partial charge < -0.3 is 19.4 Å². The Kier molecular flexibility index (Phi) is 8.64. The monoisotopic (exact) mass is 496 g/mol. The molecule has 0 saturated heterocycles. The summed E-state index contributed by atoms with van der Waals surface area (Å²) in [6.45, 7) is 6.92. The number of carbonyl (C=O) groups is 3. The van der Waals surface area contributed by atoms with Crippen molar-refractivity contribution in [2.75, 3.05) is 25.3 Å². The minimum Gasteiger partial charge on any atom is -0.465 e. The normalized spacial score (nSPS) is 10.8. The first-order chi connectivity index (χ1) is 16.8. The molecule has 0 atom stereocenters. The summed E-state index contributed by atoms with van der Waals surface area (Å²) in [5, 5.41) is 11.9. The molecule has 0 saturated carbocycles. The smallest absolute Gasteiger partial charge is 0.337 e. The van der Waals surface area contributed by atoms with Crippen molar-refractivity contribution in [3.8, 4) is 11.4 Å². The summed E-state index contributed by atoms with van der Waals surface area (Å²) in [5.41, 5.74) is 2.72. The summed E-state index contributed by atoms with van der Waals surface area (Å²) >= 11 is 1.25. The van der Waals surface area contributed by atoms with Crippen LogP contribution in [0.5, 0.6) is 0 Å². The first-order valence-electron chi connectivity index (χ1n) is 11.0. The van der Waals surface area contributed by atoms with E-state index in [1.807, 2.05) is 23.6 Å². The van der Waals surface area contributed by atoms with Crippen LogP contribution in [-0.2, 0) is 20.8 Å². The second-order valence-electron chi connectivity index (χ2n) is 7.95. The van der Waals surface area contributed by atoms with E-state index >= 15 is 0 Å². The molecule has 9 nitrogen and oxygen atoms in total. The number of hydrogen-bond donors (Lipinski definition) is 1. The zero-order valence-corrected chi connectivity index (χ0v) is 21.1. The maximum Gasteiger partial charge on any atom is 0.337 e. The fraction of sp³-hybridized carbons (Fsp3) is 0.320. The molecule has 1 aromatic heterocycles. The van der Waals surface area contributed by atoms with Crippen LogP contribution in [0.1, 0.15) is 53.0 Å². The summed E-state index contributed by atoms with van der Waals surface area (Å²) in [6, 6.07) is 12.4. The van der Waals surface area contributed by atoms with Gasteiger partial charge in [0, 0.05) is 17.8 Å². The molecule has 1 N–H and O–H groups in total. The molecular formula is C25H28N4O5S. The van der Waals surface area contributed by atoms with Gasteiger partial charge in [0.05, 0.1) is 31.1 Å². The molecule has 3 aromatic rings. The number of carbonyl (C=O) groups excluding carboxylic acids is 3. The van der Waals surface area contributed by atoms with Crippen molar-refractivity contribution in [3.63, 3.8) is 0 Å². The summed E-state index contributed by atoms with van der Waals surface area (Å²) in [5.74, 6) is -0.369. The number of nitrogens with one attached hydrogen (secondary N) is 1. The molecule has 0 aliphatic rings. The minimum absolute atomic E-state index is 0.0560. The zero-order chi connectivity index (χ0) is 25.5. The first-order valence-corrected chi connectivity index (χ1v) is 12.0. The number of aromatic nitrogens is 3. The number of esters is 2. The van der Waals surface area contributed by atoms with E-state index < -0.39 is 11.9 Å². The lowest BCUT2D eigenvalue weighted by Crippen LogP contribution is -2.16. The lowest BCUT2D eigenvalue weighted by Gasteiger charge is -2.10. The fourth-order valence-corrected chi connectivity index (χ4v) is 4.21. The van der Waals surface area contributed by atoms with Crippen LogP contribution >= 0.6 is 11.8 Å². The predicted molar refractivity (Wildman–Crippen MR) is 134 cm³/mol. The van der Waals surface area contributed by atoms with Gasteiger partial charge in [-0.05, 0) is 36.6 Å². The van der Waals surface area contributed by atoms with Gasteiger partial charge in [0.2, 0.25) is 5.91 Å². The van der Waals surface area contributed by atoms with Gasteiger partial charge >= 0.3 is 11.9 Å². The number of thioether (sulfide) groups is 1. The average molecular weight is 497 g/mol. The summed E-state index contributed by atoms with van der Waals surface area (Å²) in [7, 11) is 2.47. The number of amides is 1.